The molecule has 4 heteroatoms. The van der Waals surface area contributed by atoms with Gasteiger partial charge in [-0.25, -0.2) is 4.39 Å². The van der Waals surface area contributed by atoms with E-state index in [0.29, 0.717) is 22.4 Å². The van der Waals surface area contributed by atoms with Gasteiger partial charge in [0, 0.05) is 11.1 Å². The summed E-state index contributed by atoms with van der Waals surface area (Å²) in [6.45, 7) is 1.49. The van der Waals surface area contributed by atoms with Gasteiger partial charge in [0.2, 0.25) is 0 Å². The van der Waals surface area contributed by atoms with Gasteiger partial charge in [0.15, 0.2) is 17.3 Å². The summed E-state index contributed by atoms with van der Waals surface area (Å²) < 4.78 is 24.0. The van der Waals surface area contributed by atoms with Crippen LogP contribution in [0.3, 0.4) is 0 Å². The zero-order valence-electron chi connectivity index (χ0n) is 11.6. The average Bonchev–Trinajstić information content (AvgIpc) is 2.46. The summed E-state index contributed by atoms with van der Waals surface area (Å²) >= 11 is 0. The van der Waals surface area contributed by atoms with Crippen molar-refractivity contribution in [2.45, 2.75) is 6.92 Å². The molecule has 0 aliphatic heterocycles. The van der Waals surface area contributed by atoms with Crippen LogP contribution in [0.5, 0.6) is 11.5 Å². The van der Waals surface area contributed by atoms with E-state index in [2.05, 4.69) is 0 Å². The molecule has 104 valence electrons. The highest BCUT2D eigenvalue weighted by molar-refractivity contribution is 5.96. The molecule has 2 aromatic rings. The first-order valence-electron chi connectivity index (χ1n) is 6.09. The molecular weight excluding hydrogens is 259 g/mol. The highest BCUT2D eigenvalue weighted by Crippen LogP contribution is 2.33. The molecule has 0 heterocycles. The number of hydrogen-bond donors (Lipinski definition) is 0. The first kappa shape index (κ1) is 14.1. The highest BCUT2D eigenvalue weighted by Gasteiger charge is 2.12. The summed E-state index contributed by atoms with van der Waals surface area (Å²) in [7, 11) is 2.95. The Bertz CT molecular complexity index is 650. The van der Waals surface area contributed by atoms with Crippen molar-refractivity contribution in [2.75, 3.05) is 14.2 Å². The number of carbonyl (C=O) groups excluding carboxylic acids is 1. The Balaban J connectivity index is 2.57. The van der Waals surface area contributed by atoms with E-state index in [-0.39, 0.29) is 11.5 Å². The predicted molar refractivity (Wildman–Crippen MR) is 74.9 cm³/mol. The Morgan fingerprint density at radius 2 is 1.65 bits per heavy atom. The number of ether oxygens (including phenoxy) is 2. The first-order chi connectivity index (χ1) is 9.56. The van der Waals surface area contributed by atoms with Crippen LogP contribution >= 0.6 is 0 Å². The van der Waals surface area contributed by atoms with Crippen molar-refractivity contribution in [3.63, 3.8) is 0 Å². The summed E-state index contributed by atoms with van der Waals surface area (Å²) in [6.07, 6.45) is 0. The fourth-order valence-electron chi connectivity index (χ4n) is 1.99. The second kappa shape index (κ2) is 5.74. The SMILES string of the molecule is COc1ccc(-c2cc(C(C)=O)ccc2OC)cc1F. The van der Waals surface area contributed by atoms with Gasteiger partial charge in [-0.2, -0.15) is 0 Å². The van der Waals surface area contributed by atoms with Crippen LogP contribution in [-0.4, -0.2) is 20.0 Å². The molecule has 20 heavy (non-hydrogen) atoms. The minimum absolute atomic E-state index is 0.0529. The average molecular weight is 274 g/mol. The third kappa shape index (κ3) is 2.64. The van der Waals surface area contributed by atoms with Crippen LogP contribution in [0.25, 0.3) is 11.1 Å². The van der Waals surface area contributed by atoms with E-state index in [1.807, 2.05) is 0 Å². The Hall–Kier alpha value is -2.36. The van der Waals surface area contributed by atoms with E-state index in [1.54, 1.807) is 30.3 Å². The standard InChI is InChI=1S/C16H15FO3/c1-10(18)11-4-6-15(19-2)13(8-11)12-5-7-16(20-3)14(17)9-12/h4-9H,1-3H3. The van der Waals surface area contributed by atoms with Gasteiger partial charge in [-0.1, -0.05) is 6.07 Å². The molecule has 0 atom stereocenters. The van der Waals surface area contributed by atoms with Crippen molar-refractivity contribution < 1.29 is 18.7 Å². The molecule has 0 aromatic heterocycles. The normalized spacial score (nSPS) is 10.2. The fourth-order valence-corrected chi connectivity index (χ4v) is 1.99. The summed E-state index contributed by atoms with van der Waals surface area (Å²) in [5.74, 6) is 0.248. The number of halogens is 1. The number of rotatable bonds is 4. The van der Waals surface area contributed by atoms with Crippen molar-refractivity contribution in [2.24, 2.45) is 0 Å². The maximum atomic E-state index is 13.8. The Kier molecular flexibility index (Phi) is 4.03. The lowest BCUT2D eigenvalue weighted by Crippen LogP contribution is -1.96. The maximum Gasteiger partial charge on any atom is 0.165 e. The van der Waals surface area contributed by atoms with Gasteiger partial charge in [0.1, 0.15) is 5.75 Å². The van der Waals surface area contributed by atoms with Crippen LogP contribution in [0.2, 0.25) is 0 Å². The van der Waals surface area contributed by atoms with Gasteiger partial charge < -0.3 is 9.47 Å². The van der Waals surface area contributed by atoms with E-state index in [4.69, 9.17) is 9.47 Å². The lowest BCUT2D eigenvalue weighted by molar-refractivity contribution is 0.101. The van der Waals surface area contributed by atoms with Crippen LogP contribution in [0, 0.1) is 5.82 Å². The molecule has 0 N–H and O–H groups in total. The number of ketones is 1. The number of carbonyl (C=O) groups is 1. The number of Topliss-reactive ketones (excluding diaryl/α,β-unsaturated/α-hetero) is 1. The van der Waals surface area contributed by atoms with Gasteiger partial charge in [-0.15, -0.1) is 0 Å². The summed E-state index contributed by atoms with van der Waals surface area (Å²) in [4.78, 5) is 11.5. The smallest absolute Gasteiger partial charge is 0.165 e. The minimum Gasteiger partial charge on any atom is -0.496 e. The van der Waals surface area contributed by atoms with Crippen LogP contribution < -0.4 is 9.47 Å². The molecule has 0 saturated carbocycles. The Morgan fingerprint density at radius 3 is 2.20 bits per heavy atom. The van der Waals surface area contributed by atoms with Crippen LogP contribution in [0.1, 0.15) is 17.3 Å². The molecule has 0 unspecified atom stereocenters. The monoisotopic (exact) mass is 274 g/mol. The number of hydrogen-bond acceptors (Lipinski definition) is 3. The van der Waals surface area contributed by atoms with Crippen molar-refractivity contribution >= 4 is 5.78 Å². The predicted octanol–water partition coefficient (Wildman–Crippen LogP) is 3.71. The Morgan fingerprint density at radius 1 is 1.00 bits per heavy atom. The van der Waals surface area contributed by atoms with E-state index in [9.17, 15) is 9.18 Å². The summed E-state index contributed by atoms with van der Waals surface area (Å²) in [5.41, 5.74) is 1.85. The molecule has 2 aromatic carbocycles. The Labute approximate surface area is 117 Å². The first-order valence-corrected chi connectivity index (χ1v) is 6.09. The van der Waals surface area contributed by atoms with Crippen molar-refractivity contribution in [3.8, 4) is 22.6 Å². The van der Waals surface area contributed by atoms with Gasteiger partial charge in [0.25, 0.3) is 0 Å². The van der Waals surface area contributed by atoms with Crippen molar-refractivity contribution in [3.05, 3.63) is 47.8 Å². The molecule has 0 radical (unpaired) electrons. The molecule has 3 nitrogen and oxygen atoms in total. The van der Waals surface area contributed by atoms with E-state index < -0.39 is 5.82 Å². The van der Waals surface area contributed by atoms with E-state index >= 15 is 0 Å². The van der Waals surface area contributed by atoms with Crippen LogP contribution in [0.4, 0.5) is 4.39 Å². The molecule has 0 spiro atoms. The van der Waals surface area contributed by atoms with Gasteiger partial charge >= 0.3 is 0 Å². The third-order valence-electron chi connectivity index (χ3n) is 3.07. The van der Waals surface area contributed by atoms with Crippen LogP contribution in [0.15, 0.2) is 36.4 Å². The van der Waals surface area contributed by atoms with Gasteiger partial charge in [-0.3, -0.25) is 4.79 Å². The zero-order chi connectivity index (χ0) is 14.7. The maximum absolute atomic E-state index is 13.8. The van der Waals surface area contributed by atoms with Gasteiger partial charge in [-0.05, 0) is 42.8 Å². The largest absolute Gasteiger partial charge is 0.496 e. The molecule has 0 amide bonds. The third-order valence-corrected chi connectivity index (χ3v) is 3.07. The topological polar surface area (TPSA) is 35.5 Å². The van der Waals surface area contributed by atoms with Gasteiger partial charge in [0.05, 0.1) is 14.2 Å². The fraction of sp³-hybridized carbons (Fsp3) is 0.188. The second-order valence-corrected chi connectivity index (χ2v) is 4.32. The molecule has 0 fully saturated rings. The van der Waals surface area contributed by atoms with E-state index in [0.717, 1.165) is 0 Å². The number of benzene rings is 2. The molecule has 2 rings (SSSR count). The lowest BCUT2D eigenvalue weighted by atomic mass is 10.00. The highest BCUT2D eigenvalue weighted by atomic mass is 19.1. The van der Waals surface area contributed by atoms with Crippen molar-refractivity contribution in [1.82, 2.24) is 0 Å². The quantitative estimate of drug-likeness (QED) is 0.797. The number of methoxy groups -OCH3 is 2. The van der Waals surface area contributed by atoms with E-state index in [1.165, 1.54) is 27.2 Å². The molecule has 0 saturated heterocycles. The van der Waals surface area contributed by atoms with Crippen molar-refractivity contribution in [1.29, 1.82) is 0 Å². The molecule has 0 bridgehead atoms. The molecular formula is C16H15FO3. The lowest BCUT2D eigenvalue weighted by Gasteiger charge is -2.11. The summed E-state index contributed by atoms with van der Waals surface area (Å²) in [5, 5.41) is 0. The molecule has 0 aliphatic carbocycles. The summed E-state index contributed by atoms with van der Waals surface area (Å²) in [6, 6.07) is 9.72. The second-order valence-electron chi connectivity index (χ2n) is 4.32. The van der Waals surface area contributed by atoms with Crippen LogP contribution in [-0.2, 0) is 0 Å². The molecule has 0 aliphatic rings. The zero-order valence-corrected chi connectivity index (χ0v) is 11.6. The minimum atomic E-state index is -0.458.